The SMILES string of the molecule is CCc1ncc(S(=O)(=O)NC(C)CC(N)=O)[nH]1. The van der Waals surface area contributed by atoms with Crippen molar-refractivity contribution in [2.45, 2.75) is 37.8 Å². The van der Waals surface area contributed by atoms with Crippen molar-refractivity contribution in [3.05, 3.63) is 12.0 Å². The van der Waals surface area contributed by atoms with Gasteiger partial charge in [-0.3, -0.25) is 4.79 Å². The molecule has 4 N–H and O–H groups in total. The van der Waals surface area contributed by atoms with Crippen molar-refractivity contribution in [3.63, 3.8) is 0 Å². The Morgan fingerprint density at radius 2 is 2.29 bits per heavy atom. The first-order valence-corrected chi connectivity index (χ1v) is 6.68. The highest BCUT2D eigenvalue weighted by Crippen LogP contribution is 2.07. The van der Waals surface area contributed by atoms with E-state index in [-0.39, 0.29) is 11.4 Å². The number of nitrogens with two attached hydrogens (primary N) is 1. The third-order valence-electron chi connectivity index (χ3n) is 2.09. The summed E-state index contributed by atoms with van der Waals surface area (Å²) < 4.78 is 26.0. The van der Waals surface area contributed by atoms with Crippen LogP contribution in [0, 0.1) is 0 Å². The van der Waals surface area contributed by atoms with E-state index in [2.05, 4.69) is 14.7 Å². The number of nitrogens with zero attached hydrogens (tertiary/aromatic N) is 1. The number of hydrogen-bond acceptors (Lipinski definition) is 4. The summed E-state index contributed by atoms with van der Waals surface area (Å²) in [6.45, 7) is 3.43. The number of aromatic amines is 1. The molecule has 0 aromatic carbocycles. The molecule has 96 valence electrons. The van der Waals surface area contributed by atoms with Gasteiger partial charge in [-0.25, -0.2) is 18.1 Å². The predicted octanol–water partition coefficient (Wildman–Crippen LogP) is -0.486. The van der Waals surface area contributed by atoms with Gasteiger partial charge in [0.15, 0.2) is 5.03 Å². The van der Waals surface area contributed by atoms with Crippen LogP contribution in [0.15, 0.2) is 11.2 Å². The third-order valence-corrected chi connectivity index (χ3v) is 3.59. The highest BCUT2D eigenvalue weighted by Gasteiger charge is 2.20. The molecule has 0 spiro atoms. The van der Waals surface area contributed by atoms with Crippen LogP contribution in [0.2, 0.25) is 0 Å². The van der Waals surface area contributed by atoms with Crippen LogP contribution in [-0.2, 0) is 21.2 Å². The minimum absolute atomic E-state index is 0.00864. The molecule has 1 unspecified atom stereocenters. The molecule has 1 atom stereocenters. The Bertz CT molecular complexity index is 494. The summed E-state index contributed by atoms with van der Waals surface area (Å²) in [4.78, 5) is 17.2. The van der Waals surface area contributed by atoms with Gasteiger partial charge in [0, 0.05) is 18.9 Å². The summed E-state index contributed by atoms with van der Waals surface area (Å²) in [5.41, 5.74) is 4.98. The molecule has 0 aliphatic carbocycles. The molecule has 1 amide bonds. The standard InChI is InChI=1S/C9H16N4O3S/c1-3-8-11-5-9(12-8)17(15,16)13-6(2)4-7(10)14/h5-6,13H,3-4H2,1-2H3,(H2,10,14)(H,11,12). The van der Waals surface area contributed by atoms with Crippen molar-refractivity contribution in [1.82, 2.24) is 14.7 Å². The number of H-pyrrole nitrogens is 1. The van der Waals surface area contributed by atoms with Crippen LogP contribution in [0.4, 0.5) is 0 Å². The van der Waals surface area contributed by atoms with E-state index in [0.717, 1.165) is 0 Å². The molecule has 1 aromatic heterocycles. The second-order valence-electron chi connectivity index (χ2n) is 3.74. The van der Waals surface area contributed by atoms with Crippen LogP contribution in [0.5, 0.6) is 0 Å². The Morgan fingerprint density at radius 3 is 2.76 bits per heavy atom. The van der Waals surface area contributed by atoms with E-state index in [1.165, 1.54) is 6.20 Å². The maximum Gasteiger partial charge on any atom is 0.257 e. The largest absolute Gasteiger partial charge is 0.370 e. The number of carbonyl (C=O) groups is 1. The first-order valence-electron chi connectivity index (χ1n) is 5.19. The molecule has 17 heavy (non-hydrogen) atoms. The molecular formula is C9H16N4O3S. The van der Waals surface area contributed by atoms with Crippen LogP contribution in [0.25, 0.3) is 0 Å². The molecule has 0 bridgehead atoms. The first kappa shape index (κ1) is 13.7. The molecule has 0 saturated carbocycles. The average Bonchev–Trinajstić information content (AvgIpc) is 2.63. The monoisotopic (exact) mass is 260 g/mol. The molecule has 7 nitrogen and oxygen atoms in total. The van der Waals surface area contributed by atoms with Gasteiger partial charge < -0.3 is 10.7 Å². The smallest absolute Gasteiger partial charge is 0.257 e. The number of imidazole rings is 1. The van der Waals surface area contributed by atoms with Gasteiger partial charge in [0.1, 0.15) is 5.82 Å². The molecule has 0 aliphatic rings. The number of primary amides is 1. The summed E-state index contributed by atoms with van der Waals surface area (Å²) in [6.07, 6.45) is 1.82. The van der Waals surface area contributed by atoms with Crippen molar-refractivity contribution in [1.29, 1.82) is 0 Å². The fraction of sp³-hybridized carbons (Fsp3) is 0.556. The third kappa shape index (κ3) is 3.82. The molecule has 1 aromatic rings. The Morgan fingerprint density at radius 1 is 1.65 bits per heavy atom. The van der Waals surface area contributed by atoms with Gasteiger partial charge in [-0.15, -0.1) is 0 Å². The number of aryl methyl sites for hydroxylation is 1. The summed E-state index contributed by atoms with van der Waals surface area (Å²) in [7, 11) is -3.67. The minimum Gasteiger partial charge on any atom is -0.370 e. The van der Waals surface area contributed by atoms with Gasteiger partial charge in [-0.1, -0.05) is 6.92 Å². The molecular weight excluding hydrogens is 244 g/mol. The fourth-order valence-corrected chi connectivity index (χ4v) is 2.52. The Hall–Kier alpha value is -1.41. The Labute approximate surface area is 99.9 Å². The number of hydrogen-bond donors (Lipinski definition) is 3. The van der Waals surface area contributed by atoms with Crippen molar-refractivity contribution < 1.29 is 13.2 Å². The van der Waals surface area contributed by atoms with Crippen molar-refractivity contribution in [2.24, 2.45) is 5.73 Å². The van der Waals surface area contributed by atoms with Crippen LogP contribution in [0.1, 0.15) is 26.1 Å². The predicted molar refractivity (Wildman–Crippen MR) is 61.6 cm³/mol. The molecule has 0 radical (unpaired) electrons. The molecule has 0 fully saturated rings. The fourth-order valence-electron chi connectivity index (χ4n) is 1.33. The van der Waals surface area contributed by atoms with E-state index >= 15 is 0 Å². The molecule has 1 rings (SSSR count). The second kappa shape index (κ2) is 5.28. The average molecular weight is 260 g/mol. The molecule has 0 aliphatic heterocycles. The molecule has 8 heteroatoms. The Balaban J connectivity index is 2.78. The first-order chi connectivity index (χ1) is 7.85. The van der Waals surface area contributed by atoms with Crippen LogP contribution in [-0.4, -0.2) is 30.3 Å². The topological polar surface area (TPSA) is 118 Å². The van der Waals surface area contributed by atoms with Crippen molar-refractivity contribution in [3.8, 4) is 0 Å². The van der Waals surface area contributed by atoms with Crippen molar-refractivity contribution in [2.75, 3.05) is 0 Å². The highest BCUT2D eigenvalue weighted by molar-refractivity contribution is 7.89. The maximum atomic E-state index is 11.8. The van der Waals surface area contributed by atoms with Crippen LogP contribution >= 0.6 is 0 Å². The number of amides is 1. The highest BCUT2D eigenvalue weighted by atomic mass is 32.2. The lowest BCUT2D eigenvalue weighted by molar-refractivity contribution is -0.118. The van der Waals surface area contributed by atoms with E-state index in [1.54, 1.807) is 6.92 Å². The van der Waals surface area contributed by atoms with E-state index in [1.807, 2.05) is 6.92 Å². The number of aromatic nitrogens is 2. The summed E-state index contributed by atoms with van der Waals surface area (Å²) in [5, 5.41) is -0.00864. The minimum atomic E-state index is -3.67. The lowest BCUT2D eigenvalue weighted by Gasteiger charge is -2.10. The van der Waals surface area contributed by atoms with Gasteiger partial charge in [0.2, 0.25) is 5.91 Å². The van der Waals surface area contributed by atoms with E-state index in [0.29, 0.717) is 12.2 Å². The van der Waals surface area contributed by atoms with Crippen LogP contribution in [0.3, 0.4) is 0 Å². The number of rotatable bonds is 6. The van der Waals surface area contributed by atoms with E-state index in [9.17, 15) is 13.2 Å². The van der Waals surface area contributed by atoms with Gasteiger partial charge in [-0.05, 0) is 6.92 Å². The van der Waals surface area contributed by atoms with Gasteiger partial charge in [0.05, 0.1) is 6.20 Å². The summed E-state index contributed by atoms with van der Waals surface area (Å²) in [5.74, 6) is 0.0342. The maximum absolute atomic E-state index is 11.8. The van der Waals surface area contributed by atoms with E-state index in [4.69, 9.17) is 5.73 Å². The number of sulfonamides is 1. The number of nitrogens with one attached hydrogen (secondary N) is 2. The zero-order valence-electron chi connectivity index (χ0n) is 9.73. The molecule has 0 saturated heterocycles. The lowest BCUT2D eigenvalue weighted by atomic mass is 10.2. The zero-order valence-corrected chi connectivity index (χ0v) is 10.5. The quantitative estimate of drug-likeness (QED) is 0.639. The Kier molecular flexibility index (Phi) is 4.24. The zero-order chi connectivity index (χ0) is 13.1. The van der Waals surface area contributed by atoms with Crippen molar-refractivity contribution >= 4 is 15.9 Å². The molecule has 1 heterocycles. The number of carbonyl (C=O) groups excluding carboxylic acids is 1. The second-order valence-corrected chi connectivity index (χ2v) is 5.42. The van der Waals surface area contributed by atoms with Gasteiger partial charge in [-0.2, -0.15) is 0 Å². The van der Waals surface area contributed by atoms with Gasteiger partial charge in [0.25, 0.3) is 10.0 Å². The van der Waals surface area contributed by atoms with E-state index < -0.39 is 22.0 Å². The van der Waals surface area contributed by atoms with Crippen LogP contribution < -0.4 is 10.5 Å². The summed E-state index contributed by atoms with van der Waals surface area (Å²) in [6, 6.07) is -0.550. The lowest BCUT2D eigenvalue weighted by Crippen LogP contribution is -2.35. The normalized spacial score (nSPS) is 13.5. The van der Waals surface area contributed by atoms with Gasteiger partial charge >= 0.3 is 0 Å². The summed E-state index contributed by atoms with van der Waals surface area (Å²) >= 11 is 0.